The van der Waals surface area contributed by atoms with Crippen molar-refractivity contribution in [2.24, 2.45) is 0 Å². The van der Waals surface area contributed by atoms with Crippen LogP contribution in [0.2, 0.25) is 0 Å². The molecule has 3 heterocycles. The Labute approximate surface area is 109 Å². The highest BCUT2D eigenvalue weighted by atomic mass is 35.5. The summed E-state index contributed by atoms with van der Waals surface area (Å²) in [4.78, 5) is 4.08. The van der Waals surface area contributed by atoms with Gasteiger partial charge in [-0.05, 0) is 49.3 Å². The largest absolute Gasteiger partial charge is 0.311 e. The van der Waals surface area contributed by atoms with Crippen molar-refractivity contribution < 1.29 is 0 Å². The standard InChI is InChI=1S/C12H16N2.2ClH/c1-2-12-8-10(7-11(1)14-12)9-3-5-13-6-4-9;;/h3-6,10-12,14H,1-2,7-8H2;2*1H. The third kappa shape index (κ3) is 2.68. The van der Waals surface area contributed by atoms with Crippen LogP contribution >= 0.6 is 24.8 Å². The van der Waals surface area contributed by atoms with Crippen molar-refractivity contribution in [3.8, 4) is 0 Å². The summed E-state index contributed by atoms with van der Waals surface area (Å²) in [5.41, 5.74) is 1.48. The first-order chi connectivity index (χ1) is 6.92. The molecule has 1 aromatic heterocycles. The third-order valence-corrected chi connectivity index (χ3v) is 3.65. The van der Waals surface area contributed by atoms with Gasteiger partial charge < -0.3 is 5.32 Å². The van der Waals surface area contributed by atoms with Crippen LogP contribution in [0.4, 0.5) is 0 Å². The minimum Gasteiger partial charge on any atom is -0.311 e. The van der Waals surface area contributed by atoms with Crippen molar-refractivity contribution >= 4 is 24.8 Å². The van der Waals surface area contributed by atoms with E-state index < -0.39 is 0 Å². The second-order valence-electron chi connectivity index (χ2n) is 4.59. The number of piperidine rings is 1. The number of nitrogens with one attached hydrogen (secondary N) is 1. The smallest absolute Gasteiger partial charge is 0.0270 e. The molecule has 90 valence electrons. The molecule has 2 aliphatic rings. The Hall–Kier alpha value is -0.310. The topological polar surface area (TPSA) is 24.9 Å². The van der Waals surface area contributed by atoms with E-state index in [1.54, 1.807) is 0 Å². The van der Waals surface area contributed by atoms with E-state index in [-0.39, 0.29) is 24.8 Å². The lowest BCUT2D eigenvalue weighted by Gasteiger charge is -2.29. The van der Waals surface area contributed by atoms with Crippen LogP contribution in [0.1, 0.15) is 37.2 Å². The van der Waals surface area contributed by atoms with Gasteiger partial charge in [0.25, 0.3) is 0 Å². The van der Waals surface area contributed by atoms with Gasteiger partial charge in [-0.2, -0.15) is 0 Å². The molecule has 2 nitrogen and oxygen atoms in total. The Balaban J connectivity index is 0.000000640. The van der Waals surface area contributed by atoms with Crippen LogP contribution in [0.25, 0.3) is 0 Å². The van der Waals surface area contributed by atoms with Crippen LogP contribution in [-0.2, 0) is 0 Å². The summed E-state index contributed by atoms with van der Waals surface area (Å²) in [6.45, 7) is 0. The summed E-state index contributed by atoms with van der Waals surface area (Å²) in [5, 5.41) is 3.67. The molecule has 0 amide bonds. The van der Waals surface area contributed by atoms with Gasteiger partial charge in [-0.15, -0.1) is 24.8 Å². The molecular formula is C12H18Cl2N2. The van der Waals surface area contributed by atoms with Gasteiger partial charge in [-0.3, -0.25) is 4.98 Å². The summed E-state index contributed by atoms with van der Waals surface area (Å²) in [5.74, 6) is 0.775. The van der Waals surface area contributed by atoms with Crippen LogP contribution in [0.5, 0.6) is 0 Å². The highest BCUT2D eigenvalue weighted by Gasteiger charge is 2.33. The average molecular weight is 261 g/mol. The Morgan fingerprint density at radius 1 is 1.00 bits per heavy atom. The van der Waals surface area contributed by atoms with Crippen LogP contribution < -0.4 is 5.32 Å². The second kappa shape index (κ2) is 5.85. The Morgan fingerprint density at radius 3 is 2.12 bits per heavy atom. The Kier molecular flexibility index (Phi) is 5.03. The molecule has 0 aliphatic carbocycles. The zero-order valence-electron chi connectivity index (χ0n) is 9.13. The van der Waals surface area contributed by atoms with Gasteiger partial charge in [-0.1, -0.05) is 0 Å². The van der Waals surface area contributed by atoms with Crippen LogP contribution in [0, 0.1) is 0 Å². The molecule has 0 saturated carbocycles. The molecule has 1 aromatic rings. The fourth-order valence-electron chi connectivity index (χ4n) is 2.97. The molecule has 2 aliphatic heterocycles. The summed E-state index contributed by atoms with van der Waals surface area (Å²) in [6, 6.07) is 5.92. The fourth-order valence-corrected chi connectivity index (χ4v) is 2.97. The van der Waals surface area contributed by atoms with E-state index in [1.807, 2.05) is 12.4 Å². The highest BCUT2D eigenvalue weighted by molar-refractivity contribution is 5.85. The first kappa shape index (κ1) is 13.8. The maximum atomic E-state index is 4.08. The molecule has 1 N–H and O–H groups in total. The molecule has 16 heavy (non-hydrogen) atoms. The Morgan fingerprint density at radius 2 is 1.56 bits per heavy atom. The van der Waals surface area contributed by atoms with Crippen molar-refractivity contribution in [1.29, 1.82) is 0 Å². The molecule has 2 unspecified atom stereocenters. The minimum absolute atomic E-state index is 0. The normalized spacial score (nSPS) is 31.4. The first-order valence-electron chi connectivity index (χ1n) is 5.58. The van der Waals surface area contributed by atoms with Gasteiger partial charge in [0.1, 0.15) is 0 Å². The number of nitrogens with zero attached hydrogens (tertiary/aromatic N) is 1. The second-order valence-corrected chi connectivity index (χ2v) is 4.59. The van der Waals surface area contributed by atoms with Gasteiger partial charge in [0.2, 0.25) is 0 Å². The number of hydrogen-bond acceptors (Lipinski definition) is 2. The fraction of sp³-hybridized carbons (Fsp3) is 0.583. The third-order valence-electron chi connectivity index (χ3n) is 3.65. The Bertz CT molecular complexity index is 306. The van der Waals surface area contributed by atoms with E-state index in [0.717, 1.165) is 18.0 Å². The monoisotopic (exact) mass is 260 g/mol. The van der Waals surface area contributed by atoms with E-state index in [1.165, 1.54) is 31.2 Å². The van der Waals surface area contributed by atoms with E-state index in [9.17, 15) is 0 Å². The molecule has 0 radical (unpaired) electrons. The first-order valence-corrected chi connectivity index (χ1v) is 5.58. The number of hydrogen-bond donors (Lipinski definition) is 1. The van der Waals surface area contributed by atoms with Crippen LogP contribution in [0.15, 0.2) is 24.5 Å². The van der Waals surface area contributed by atoms with E-state index in [2.05, 4.69) is 22.4 Å². The van der Waals surface area contributed by atoms with Crippen molar-refractivity contribution in [1.82, 2.24) is 10.3 Å². The van der Waals surface area contributed by atoms with Gasteiger partial charge in [-0.25, -0.2) is 0 Å². The number of aromatic nitrogens is 1. The van der Waals surface area contributed by atoms with Gasteiger partial charge >= 0.3 is 0 Å². The molecule has 2 atom stereocenters. The molecule has 2 saturated heterocycles. The van der Waals surface area contributed by atoms with E-state index >= 15 is 0 Å². The highest BCUT2D eigenvalue weighted by Crippen LogP contribution is 2.36. The zero-order chi connectivity index (χ0) is 9.38. The number of rotatable bonds is 1. The summed E-state index contributed by atoms with van der Waals surface area (Å²) < 4.78 is 0. The quantitative estimate of drug-likeness (QED) is 0.840. The number of fused-ring (bicyclic) bond motifs is 2. The van der Waals surface area contributed by atoms with Gasteiger partial charge in [0.05, 0.1) is 0 Å². The van der Waals surface area contributed by atoms with E-state index in [4.69, 9.17) is 0 Å². The summed E-state index contributed by atoms with van der Waals surface area (Å²) in [7, 11) is 0. The van der Waals surface area contributed by atoms with Crippen molar-refractivity contribution in [3.63, 3.8) is 0 Å². The molecule has 3 rings (SSSR count). The lowest BCUT2D eigenvalue weighted by molar-refractivity contribution is 0.363. The average Bonchev–Trinajstić information content (AvgIpc) is 2.59. The van der Waals surface area contributed by atoms with Gasteiger partial charge in [0, 0.05) is 24.5 Å². The minimum atomic E-state index is 0. The molecule has 2 fully saturated rings. The summed E-state index contributed by atoms with van der Waals surface area (Å²) in [6.07, 6.45) is 9.23. The van der Waals surface area contributed by atoms with Gasteiger partial charge in [0.15, 0.2) is 0 Å². The predicted octanol–water partition coefficient (Wildman–Crippen LogP) is 2.92. The SMILES string of the molecule is Cl.Cl.c1cc(C2CC3CCC(C2)N3)ccn1. The lowest BCUT2D eigenvalue weighted by atomic mass is 9.87. The lowest BCUT2D eigenvalue weighted by Crippen LogP contribution is -2.37. The molecule has 2 bridgehead atoms. The van der Waals surface area contributed by atoms with Crippen LogP contribution in [-0.4, -0.2) is 17.1 Å². The predicted molar refractivity (Wildman–Crippen MR) is 70.7 cm³/mol. The maximum Gasteiger partial charge on any atom is 0.0270 e. The molecule has 0 aromatic carbocycles. The zero-order valence-corrected chi connectivity index (χ0v) is 10.8. The maximum absolute atomic E-state index is 4.08. The molecule has 4 heteroatoms. The van der Waals surface area contributed by atoms with Crippen molar-refractivity contribution in [3.05, 3.63) is 30.1 Å². The van der Waals surface area contributed by atoms with Crippen LogP contribution in [0.3, 0.4) is 0 Å². The van der Waals surface area contributed by atoms with Crippen molar-refractivity contribution in [2.75, 3.05) is 0 Å². The number of pyridine rings is 1. The van der Waals surface area contributed by atoms with Crippen molar-refractivity contribution in [2.45, 2.75) is 43.7 Å². The number of halogens is 2. The van der Waals surface area contributed by atoms with E-state index in [0.29, 0.717) is 0 Å². The molecule has 0 spiro atoms. The summed E-state index contributed by atoms with van der Waals surface area (Å²) >= 11 is 0. The molecular weight excluding hydrogens is 243 g/mol.